The van der Waals surface area contributed by atoms with Gasteiger partial charge in [0.05, 0.1) is 6.04 Å². The third-order valence-corrected chi connectivity index (χ3v) is 3.41. The summed E-state index contributed by atoms with van der Waals surface area (Å²) in [6.45, 7) is 4.25. The number of hydrogen-bond donors (Lipinski definition) is 1. The maximum Gasteiger partial charge on any atom is 0.171 e. The van der Waals surface area contributed by atoms with Gasteiger partial charge in [-0.1, -0.05) is 6.07 Å². The van der Waals surface area contributed by atoms with Crippen LogP contribution in [0.4, 0.5) is 0 Å². The van der Waals surface area contributed by atoms with Crippen LogP contribution in [0.1, 0.15) is 18.7 Å². The van der Waals surface area contributed by atoms with Crippen molar-refractivity contribution in [2.75, 3.05) is 14.2 Å². The molecule has 3 nitrogen and oxygen atoms in total. The second kappa shape index (κ2) is 7.01. The van der Waals surface area contributed by atoms with Gasteiger partial charge in [0.1, 0.15) is 0 Å². The van der Waals surface area contributed by atoms with Crippen molar-refractivity contribution in [3.05, 3.63) is 22.4 Å². The number of methoxy groups -OCH3 is 2. The predicted molar refractivity (Wildman–Crippen MR) is 67.9 cm³/mol. The lowest BCUT2D eigenvalue weighted by Crippen LogP contribution is -2.44. The Morgan fingerprint density at radius 3 is 2.50 bits per heavy atom. The molecule has 1 aromatic heterocycles. The minimum absolute atomic E-state index is 0.185. The maximum atomic E-state index is 5.22. The lowest BCUT2D eigenvalue weighted by molar-refractivity contribution is -0.120. The van der Waals surface area contributed by atoms with Gasteiger partial charge in [-0.25, -0.2) is 0 Å². The smallest absolute Gasteiger partial charge is 0.171 e. The first-order valence-corrected chi connectivity index (χ1v) is 6.39. The van der Waals surface area contributed by atoms with E-state index in [1.165, 1.54) is 4.88 Å². The van der Waals surface area contributed by atoms with Crippen molar-refractivity contribution in [1.82, 2.24) is 5.32 Å². The molecule has 0 aliphatic carbocycles. The van der Waals surface area contributed by atoms with Crippen LogP contribution >= 0.6 is 11.3 Å². The Morgan fingerprint density at radius 1 is 1.31 bits per heavy atom. The molecule has 1 heterocycles. The molecule has 2 unspecified atom stereocenters. The molecule has 92 valence electrons. The zero-order valence-corrected chi connectivity index (χ0v) is 11.2. The molecular formula is C12H21NO2S. The standard InChI is InChI=1S/C12H21NO2S/c1-9(8-11-6-5-7-16-11)13-10(2)12(14-3)15-4/h5-7,9-10,12-13H,8H2,1-4H3. The summed E-state index contributed by atoms with van der Waals surface area (Å²) < 4.78 is 10.4. The Morgan fingerprint density at radius 2 is 2.00 bits per heavy atom. The van der Waals surface area contributed by atoms with E-state index >= 15 is 0 Å². The summed E-state index contributed by atoms with van der Waals surface area (Å²) in [7, 11) is 3.33. The van der Waals surface area contributed by atoms with Gasteiger partial charge in [-0.05, 0) is 31.7 Å². The van der Waals surface area contributed by atoms with Crippen LogP contribution in [0, 0.1) is 0 Å². The SMILES string of the molecule is COC(OC)C(C)NC(C)Cc1cccs1. The van der Waals surface area contributed by atoms with E-state index in [1.54, 1.807) is 25.6 Å². The van der Waals surface area contributed by atoms with E-state index in [2.05, 4.69) is 36.7 Å². The molecule has 1 rings (SSSR count). The van der Waals surface area contributed by atoms with Gasteiger partial charge >= 0.3 is 0 Å². The zero-order valence-electron chi connectivity index (χ0n) is 10.4. The van der Waals surface area contributed by atoms with E-state index in [4.69, 9.17) is 9.47 Å². The first-order chi connectivity index (χ1) is 7.67. The third-order valence-electron chi connectivity index (χ3n) is 2.51. The van der Waals surface area contributed by atoms with Gasteiger partial charge in [0.25, 0.3) is 0 Å². The molecule has 0 aliphatic rings. The Bertz CT molecular complexity index is 273. The first-order valence-electron chi connectivity index (χ1n) is 5.51. The van der Waals surface area contributed by atoms with Crippen molar-refractivity contribution in [2.45, 2.75) is 38.6 Å². The number of nitrogens with one attached hydrogen (secondary N) is 1. The van der Waals surface area contributed by atoms with Crippen molar-refractivity contribution in [2.24, 2.45) is 0 Å². The largest absolute Gasteiger partial charge is 0.354 e. The van der Waals surface area contributed by atoms with Crippen LogP contribution in [0.25, 0.3) is 0 Å². The molecule has 0 radical (unpaired) electrons. The van der Waals surface area contributed by atoms with Gasteiger partial charge in [-0.2, -0.15) is 0 Å². The summed E-state index contributed by atoms with van der Waals surface area (Å²) >= 11 is 1.80. The minimum atomic E-state index is -0.189. The van der Waals surface area contributed by atoms with Gasteiger partial charge in [0.2, 0.25) is 0 Å². The zero-order chi connectivity index (χ0) is 12.0. The summed E-state index contributed by atoms with van der Waals surface area (Å²) in [6.07, 6.45) is 0.855. The number of rotatable bonds is 7. The monoisotopic (exact) mass is 243 g/mol. The lowest BCUT2D eigenvalue weighted by Gasteiger charge is -2.25. The van der Waals surface area contributed by atoms with E-state index < -0.39 is 0 Å². The van der Waals surface area contributed by atoms with Crippen LogP contribution < -0.4 is 5.32 Å². The fraction of sp³-hybridized carbons (Fsp3) is 0.667. The molecule has 0 bridgehead atoms. The number of hydrogen-bond acceptors (Lipinski definition) is 4. The Hall–Kier alpha value is -0.420. The maximum absolute atomic E-state index is 5.22. The van der Waals surface area contributed by atoms with Crippen molar-refractivity contribution in [3.63, 3.8) is 0 Å². The molecule has 4 heteroatoms. The molecule has 16 heavy (non-hydrogen) atoms. The third kappa shape index (κ3) is 4.22. The highest BCUT2D eigenvalue weighted by atomic mass is 32.1. The molecular weight excluding hydrogens is 222 g/mol. The second-order valence-corrected chi connectivity index (χ2v) is 5.01. The molecule has 0 saturated carbocycles. The molecule has 1 aromatic rings. The average molecular weight is 243 g/mol. The minimum Gasteiger partial charge on any atom is -0.354 e. The fourth-order valence-electron chi connectivity index (χ4n) is 1.82. The highest BCUT2D eigenvalue weighted by Crippen LogP contribution is 2.11. The summed E-state index contributed by atoms with van der Waals surface area (Å²) in [5, 5.41) is 5.59. The Labute approximate surface area is 102 Å². The van der Waals surface area contributed by atoms with Crippen LogP contribution in [-0.2, 0) is 15.9 Å². The predicted octanol–water partition coefficient (Wildman–Crippen LogP) is 2.28. The van der Waals surface area contributed by atoms with E-state index in [0.717, 1.165) is 6.42 Å². The molecule has 0 aromatic carbocycles. The fourth-order valence-corrected chi connectivity index (χ4v) is 2.66. The van der Waals surface area contributed by atoms with Gasteiger partial charge in [-0.3, -0.25) is 0 Å². The first kappa shape index (κ1) is 13.6. The van der Waals surface area contributed by atoms with Crippen LogP contribution in [0.15, 0.2) is 17.5 Å². The van der Waals surface area contributed by atoms with Gasteiger partial charge in [-0.15, -0.1) is 11.3 Å². The molecule has 2 atom stereocenters. The molecule has 0 fully saturated rings. The number of ether oxygens (including phenoxy) is 2. The van der Waals surface area contributed by atoms with Crippen LogP contribution in [0.5, 0.6) is 0 Å². The van der Waals surface area contributed by atoms with Crippen molar-refractivity contribution in [3.8, 4) is 0 Å². The normalized spacial score (nSPS) is 15.3. The molecule has 0 amide bonds. The molecule has 1 N–H and O–H groups in total. The summed E-state index contributed by atoms with van der Waals surface area (Å²) in [6, 6.07) is 4.85. The molecule has 0 aliphatic heterocycles. The second-order valence-electron chi connectivity index (χ2n) is 3.98. The Balaban J connectivity index is 2.35. The summed E-state index contributed by atoms with van der Waals surface area (Å²) in [5.41, 5.74) is 0. The molecule has 0 spiro atoms. The van der Waals surface area contributed by atoms with Crippen LogP contribution in [-0.4, -0.2) is 32.6 Å². The van der Waals surface area contributed by atoms with E-state index in [-0.39, 0.29) is 12.3 Å². The lowest BCUT2D eigenvalue weighted by atomic mass is 10.2. The quantitative estimate of drug-likeness (QED) is 0.745. The number of thiophene rings is 1. The summed E-state index contributed by atoms with van der Waals surface area (Å²) in [5.74, 6) is 0. The highest BCUT2D eigenvalue weighted by molar-refractivity contribution is 7.09. The van der Waals surface area contributed by atoms with Crippen LogP contribution in [0.2, 0.25) is 0 Å². The highest BCUT2D eigenvalue weighted by Gasteiger charge is 2.17. The van der Waals surface area contributed by atoms with Gasteiger partial charge < -0.3 is 14.8 Å². The van der Waals surface area contributed by atoms with E-state index in [9.17, 15) is 0 Å². The topological polar surface area (TPSA) is 30.5 Å². The summed E-state index contributed by atoms with van der Waals surface area (Å²) in [4.78, 5) is 1.40. The van der Waals surface area contributed by atoms with Crippen molar-refractivity contribution in [1.29, 1.82) is 0 Å². The van der Waals surface area contributed by atoms with Crippen LogP contribution in [0.3, 0.4) is 0 Å². The van der Waals surface area contributed by atoms with E-state index in [0.29, 0.717) is 6.04 Å². The van der Waals surface area contributed by atoms with Gasteiger partial charge in [0.15, 0.2) is 6.29 Å². The average Bonchev–Trinajstić information content (AvgIpc) is 2.71. The van der Waals surface area contributed by atoms with E-state index in [1.807, 2.05) is 0 Å². The van der Waals surface area contributed by atoms with Gasteiger partial charge in [0, 0.05) is 25.1 Å². The van der Waals surface area contributed by atoms with Crippen molar-refractivity contribution >= 4 is 11.3 Å². The Kier molecular flexibility index (Phi) is 5.98. The molecule has 0 saturated heterocycles. The van der Waals surface area contributed by atoms with Crippen molar-refractivity contribution < 1.29 is 9.47 Å².